The first-order chi connectivity index (χ1) is 15.7. The van der Waals surface area contributed by atoms with Crippen molar-refractivity contribution in [3.63, 3.8) is 0 Å². The highest BCUT2D eigenvalue weighted by Gasteiger charge is 2.22. The lowest BCUT2D eigenvalue weighted by Crippen LogP contribution is -2.28. The molecule has 8 heteroatoms. The van der Waals surface area contributed by atoms with Gasteiger partial charge in [0.1, 0.15) is 10.6 Å². The van der Waals surface area contributed by atoms with Gasteiger partial charge in [-0.3, -0.25) is 9.52 Å². The second-order valence-corrected chi connectivity index (χ2v) is 9.79. The van der Waals surface area contributed by atoms with Crippen molar-refractivity contribution in [2.45, 2.75) is 38.1 Å². The molecule has 33 heavy (non-hydrogen) atoms. The lowest BCUT2D eigenvalue weighted by Gasteiger charge is -2.19. The van der Waals surface area contributed by atoms with Crippen molar-refractivity contribution < 1.29 is 17.9 Å². The molecule has 1 amide bonds. The second-order valence-electron chi connectivity index (χ2n) is 7.73. The van der Waals surface area contributed by atoms with E-state index < -0.39 is 10.0 Å². The number of aryl methyl sites for hydroxylation is 2. The van der Waals surface area contributed by atoms with Crippen molar-refractivity contribution in [1.29, 1.82) is 0 Å². The third kappa shape index (κ3) is 5.67. The van der Waals surface area contributed by atoms with E-state index in [0.29, 0.717) is 12.1 Å². The first-order valence-electron chi connectivity index (χ1n) is 10.5. The Morgan fingerprint density at radius 2 is 1.76 bits per heavy atom. The summed E-state index contributed by atoms with van der Waals surface area (Å²) in [5.41, 5.74) is 3.32. The summed E-state index contributed by atoms with van der Waals surface area (Å²) in [5, 5.41) is 3.02. The zero-order valence-corrected chi connectivity index (χ0v) is 20.5. The fourth-order valence-electron chi connectivity index (χ4n) is 3.52. The lowest BCUT2D eigenvalue weighted by atomic mass is 10.0. The van der Waals surface area contributed by atoms with Crippen LogP contribution in [-0.4, -0.2) is 21.4 Å². The number of amides is 1. The van der Waals surface area contributed by atoms with Gasteiger partial charge in [0, 0.05) is 5.56 Å². The molecule has 0 saturated carbocycles. The number of carbonyl (C=O) groups excluding carboxylic acids is 1. The highest BCUT2D eigenvalue weighted by molar-refractivity contribution is 7.92. The van der Waals surface area contributed by atoms with Crippen LogP contribution in [0.15, 0.2) is 65.6 Å². The van der Waals surface area contributed by atoms with Crippen molar-refractivity contribution in [2.24, 2.45) is 0 Å². The predicted octanol–water partition coefficient (Wildman–Crippen LogP) is 5.65. The number of anilines is 1. The number of carbonyl (C=O) groups is 1. The molecule has 3 aromatic rings. The molecule has 0 aliphatic carbocycles. The van der Waals surface area contributed by atoms with E-state index in [1.165, 1.54) is 18.2 Å². The summed E-state index contributed by atoms with van der Waals surface area (Å²) in [5.74, 6) is 0.382. The van der Waals surface area contributed by atoms with E-state index in [9.17, 15) is 13.2 Å². The average molecular weight is 487 g/mol. The highest BCUT2D eigenvalue weighted by atomic mass is 35.5. The Hall–Kier alpha value is -3.03. The van der Waals surface area contributed by atoms with E-state index in [0.717, 1.165) is 22.4 Å². The van der Waals surface area contributed by atoms with Gasteiger partial charge in [-0.25, -0.2) is 8.42 Å². The number of hydrogen-bond acceptors (Lipinski definition) is 4. The van der Waals surface area contributed by atoms with Gasteiger partial charge in [-0.05, 0) is 67.3 Å². The van der Waals surface area contributed by atoms with Gasteiger partial charge in [0.25, 0.3) is 15.9 Å². The molecule has 0 saturated heterocycles. The van der Waals surface area contributed by atoms with Crippen LogP contribution in [0.5, 0.6) is 5.75 Å². The first-order valence-corrected chi connectivity index (χ1v) is 12.4. The summed E-state index contributed by atoms with van der Waals surface area (Å²) in [6, 6.07) is 16.7. The number of nitrogens with one attached hydrogen (secondary N) is 2. The molecule has 2 N–H and O–H groups in total. The van der Waals surface area contributed by atoms with Gasteiger partial charge in [0.05, 0.1) is 23.9 Å². The summed E-state index contributed by atoms with van der Waals surface area (Å²) < 4.78 is 33.9. The van der Waals surface area contributed by atoms with Gasteiger partial charge in [-0.15, -0.1) is 0 Å². The Balaban J connectivity index is 1.86. The molecule has 0 aromatic heterocycles. The molecule has 3 aromatic carbocycles. The van der Waals surface area contributed by atoms with Crippen LogP contribution in [0, 0.1) is 13.8 Å². The topological polar surface area (TPSA) is 84.5 Å². The molecule has 0 radical (unpaired) electrons. The van der Waals surface area contributed by atoms with Gasteiger partial charge < -0.3 is 10.1 Å². The Morgan fingerprint density at radius 1 is 1.03 bits per heavy atom. The molecule has 0 aliphatic rings. The SMILES string of the molecule is CCC(NC(=O)c1ccc(Cl)c(S(=O)(=O)Nc2ccccc2C)c1)c1ccc(OC)c(C)c1. The fraction of sp³-hybridized carbons (Fsp3) is 0.240. The smallest absolute Gasteiger partial charge is 0.263 e. The number of ether oxygens (including phenoxy) is 1. The van der Waals surface area contributed by atoms with Gasteiger partial charge >= 0.3 is 0 Å². The Kier molecular flexibility index (Phi) is 7.66. The minimum atomic E-state index is -4.00. The van der Waals surface area contributed by atoms with Gasteiger partial charge in [0.2, 0.25) is 0 Å². The van der Waals surface area contributed by atoms with E-state index in [2.05, 4.69) is 10.0 Å². The molecular formula is C25H27ClN2O4S. The maximum absolute atomic E-state index is 13.0. The Morgan fingerprint density at radius 3 is 2.39 bits per heavy atom. The normalized spacial score (nSPS) is 12.2. The van der Waals surface area contributed by atoms with E-state index in [-0.39, 0.29) is 27.4 Å². The number of para-hydroxylation sites is 1. The summed E-state index contributed by atoms with van der Waals surface area (Å²) in [4.78, 5) is 12.8. The van der Waals surface area contributed by atoms with Gasteiger partial charge in [-0.1, -0.05) is 48.9 Å². The molecule has 0 heterocycles. The van der Waals surface area contributed by atoms with E-state index in [1.54, 1.807) is 32.2 Å². The van der Waals surface area contributed by atoms with Crippen LogP contribution >= 0.6 is 11.6 Å². The number of halogens is 1. The number of rotatable bonds is 8. The maximum Gasteiger partial charge on any atom is 0.263 e. The molecule has 3 rings (SSSR count). The lowest BCUT2D eigenvalue weighted by molar-refractivity contribution is 0.0935. The Labute approximate surface area is 200 Å². The van der Waals surface area contributed by atoms with Crippen molar-refractivity contribution in [3.8, 4) is 5.75 Å². The summed E-state index contributed by atoms with van der Waals surface area (Å²) >= 11 is 6.20. The molecule has 1 unspecified atom stereocenters. The van der Waals surface area contributed by atoms with E-state index in [1.807, 2.05) is 38.1 Å². The average Bonchev–Trinajstić information content (AvgIpc) is 2.78. The standard InChI is InChI=1S/C25H27ClN2O4S/c1-5-21(18-11-13-23(32-4)17(3)14-18)27-25(29)19-10-12-20(26)24(15-19)33(30,31)28-22-9-7-6-8-16(22)2/h6-15,21,28H,5H2,1-4H3,(H,27,29). The summed E-state index contributed by atoms with van der Waals surface area (Å²) in [6.07, 6.45) is 0.658. The zero-order valence-electron chi connectivity index (χ0n) is 19.0. The van der Waals surface area contributed by atoms with E-state index in [4.69, 9.17) is 16.3 Å². The number of hydrogen-bond donors (Lipinski definition) is 2. The molecule has 0 spiro atoms. The molecular weight excluding hydrogens is 460 g/mol. The number of sulfonamides is 1. The van der Waals surface area contributed by atoms with Gasteiger partial charge in [0.15, 0.2) is 0 Å². The van der Waals surface area contributed by atoms with Crippen LogP contribution in [0.1, 0.15) is 46.4 Å². The predicted molar refractivity (Wildman–Crippen MR) is 132 cm³/mol. The monoisotopic (exact) mass is 486 g/mol. The van der Waals surface area contributed by atoms with Crippen LogP contribution in [0.2, 0.25) is 5.02 Å². The first kappa shape index (κ1) is 24.6. The molecule has 0 aliphatic heterocycles. The largest absolute Gasteiger partial charge is 0.496 e. The summed E-state index contributed by atoms with van der Waals surface area (Å²) in [6.45, 7) is 5.71. The maximum atomic E-state index is 13.0. The summed E-state index contributed by atoms with van der Waals surface area (Å²) in [7, 11) is -2.39. The zero-order chi connectivity index (χ0) is 24.2. The number of methoxy groups -OCH3 is 1. The fourth-order valence-corrected chi connectivity index (χ4v) is 5.18. The van der Waals surface area contributed by atoms with Crippen LogP contribution in [0.3, 0.4) is 0 Å². The van der Waals surface area contributed by atoms with Crippen LogP contribution in [0.4, 0.5) is 5.69 Å². The van der Waals surface area contributed by atoms with Crippen LogP contribution < -0.4 is 14.8 Å². The van der Waals surface area contributed by atoms with Gasteiger partial charge in [-0.2, -0.15) is 0 Å². The van der Waals surface area contributed by atoms with E-state index >= 15 is 0 Å². The van der Waals surface area contributed by atoms with Crippen LogP contribution in [0.25, 0.3) is 0 Å². The number of benzene rings is 3. The quantitative estimate of drug-likeness (QED) is 0.431. The van der Waals surface area contributed by atoms with Crippen molar-refractivity contribution >= 4 is 33.2 Å². The third-order valence-electron chi connectivity index (χ3n) is 5.41. The molecule has 0 fully saturated rings. The second kappa shape index (κ2) is 10.3. The minimum Gasteiger partial charge on any atom is -0.496 e. The molecule has 174 valence electrons. The van der Waals surface area contributed by atoms with Crippen molar-refractivity contribution in [3.05, 3.63) is 87.9 Å². The molecule has 1 atom stereocenters. The molecule has 0 bridgehead atoms. The third-order valence-corrected chi connectivity index (χ3v) is 7.25. The highest BCUT2D eigenvalue weighted by Crippen LogP contribution is 2.28. The van der Waals surface area contributed by atoms with Crippen LogP contribution in [-0.2, 0) is 10.0 Å². The Bertz CT molecular complexity index is 1280. The molecule has 6 nitrogen and oxygen atoms in total. The minimum absolute atomic E-state index is 0.0328. The van der Waals surface area contributed by atoms with Crippen molar-refractivity contribution in [1.82, 2.24) is 5.32 Å². The van der Waals surface area contributed by atoms with Crippen molar-refractivity contribution in [2.75, 3.05) is 11.8 Å².